The summed E-state index contributed by atoms with van der Waals surface area (Å²) in [5, 5.41) is 5.26. The number of alkyl halides is 3. The molecular formula is C29H45F3N8O4. The highest BCUT2D eigenvalue weighted by atomic mass is 19.4. The number of nitrogens with one attached hydrogen (secondary N) is 2. The summed E-state index contributed by atoms with van der Waals surface area (Å²) in [6.07, 6.45) is -1.42. The number of nitrogens with zero attached hydrogens (tertiary/aromatic N) is 2. The molecule has 12 nitrogen and oxygen atoms in total. The molecule has 1 aromatic carbocycles. The van der Waals surface area contributed by atoms with Crippen LogP contribution < -0.4 is 33.6 Å². The number of hydrogen-bond donors (Lipinski definition) is 6. The van der Waals surface area contributed by atoms with Crippen LogP contribution in [0.2, 0.25) is 0 Å². The van der Waals surface area contributed by atoms with Crippen molar-refractivity contribution in [1.29, 1.82) is 0 Å². The van der Waals surface area contributed by atoms with E-state index >= 15 is 0 Å². The molecule has 0 unspecified atom stereocenters. The average Bonchev–Trinajstić information content (AvgIpc) is 2.95. The highest BCUT2D eigenvalue weighted by Gasteiger charge is 2.47. The van der Waals surface area contributed by atoms with Crippen LogP contribution >= 0.6 is 0 Å². The van der Waals surface area contributed by atoms with Crippen LogP contribution in [-0.4, -0.2) is 71.9 Å². The molecule has 0 saturated heterocycles. The molecule has 10 N–H and O–H groups in total. The fourth-order valence-electron chi connectivity index (χ4n) is 5.29. The van der Waals surface area contributed by atoms with E-state index in [9.17, 15) is 32.3 Å². The highest BCUT2D eigenvalue weighted by molar-refractivity contribution is 5.95. The zero-order chi connectivity index (χ0) is 33.0. The quantitative estimate of drug-likeness (QED) is 0.0726. The number of halogens is 3. The molecular weight excluding hydrogens is 581 g/mol. The second-order valence-electron chi connectivity index (χ2n) is 11.6. The molecule has 0 bridgehead atoms. The maximum absolute atomic E-state index is 13.9. The number of carbonyl (C=O) groups is 4. The number of aliphatic imine (C=N–C) groups is 1. The fourth-order valence-corrected chi connectivity index (χ4v) is 5.29. The fraction of sp³-hybridized carbons (Fsp3) is 0.621. The van der Waals surface area contributed by atoms with Crippen molar-refractivity contribution in [1.82, 2.24) is 15.5 Å². The lowest BCUT2D eigenvalue weighted by molar-refractivity contribution is -0.189. The van der Waals surface area contributed by atoms with E-state index in [1.807, 2.05) is 0 Å². The van der Waals surface area contributed by atoms with Crippen molar-refractivity contribution in [3.05, 3.63) is 29.8 Å². The lowest BCUT2D eigenvalue weighted by Gasteiger charge is -2.36. The number of hydrogen-bond acceptors (Lipinski definition) is 6. The molecule has 0 aliphatic heterocycles. The van der Waals surface area contributed by atoms with Crippen molar-refractivity contribution in [3.8, 4) is 0 Å². The lowest BCUT2D eigenvalue weighted by atomic mass is 9.83. The van der Waals surface area contributed by atoms with Crippen molar-refractivity contribution in [2.75, 3.05) is 18.8 Å². The van der Waals surface area contributed by atoms with Gasteiger partial charge < -0.3 is 38.5 Å². The van der Waals surface area contributed by atoms with E-state index in [-0.39, 0.29) is 37.8 Å². The molecule has 1 saturated carbocycles. The van der Waals surface area contributed by atoms with Crippen molar-refractivity contribution in [2.24, 2.45) is 34.0 Å². The Morgan fingerprint density at radius 2 is 1.59 bits per heavy atom. The predicted octanol–water partition coefficient (Wildman–Crippen LogP) is 1.32. The minimum atomic E-state index is -5.23. The minimum absolute atomic E-state index is 0.116. The van der Waals surface area contributed by atoms with Gasteiger partial charge in [-0.15, -0.1) is 0 Å². The third-order valence-corrected chi connectivity index (χ3v) is 7.46. The first kappa shape index (κ1) is 36.2. The van der Waals surface area contributed by atoms with Gasteiger partial charge in [0, 0.05) is 25.2 Å². The molecule has 0 radical (unpaired) electrons. The first-order chi connectivity index (χ1) is 20.6. The molecule has 2 rings (SSSR count). The predicted molar refractivity (Wildman–Crippen MR) is 160 cm³/mol. The Morgan fingerprint density at radius 3 is 2.11 bits per heavy atom. The van der Waals surface area contributed by atoms with Gasteiger partial charge in [0.1, 0.15) is 18.1 Å². The maximum atomic E-state index is 13.9. The Kier molecular flexibility index (Phi) is 13.7. The second kappa shape index (κ2) is 16.7. The third kappa shape index (κ3) is 11.6. The highest BCUT2D eigenvalue weighted by Crippen LogP contribution is 2.28. The molecule has 0 heterocycles. The number of rotatable bonds is 15. The summed E-state index contributed by atoms with van der Waals surface area (Å²) < 4.78 is 41.3. The summed E-state index contributed by atoms with van der Waals surface area (Å²) in [5.41, 5.74) is 22.8. The van der Waals surface area contributed by atoms with E-state index in [1.165, 1.54) is 12.1 Å². The van der Waals surface area contributed by atoms with Gasteiger partial charge >= 0.3 is 12.1 Å². The van der Waals surface area contributed by atoms with E-state index in [4.69, 9.17) is 22.9 Å². The number of nitrogens with two attached hydrogens (primary N) is 4. The largest absolute Gasteiger partial charge is 0.471 e. The molecule has 4 amide bonds. The van der Waals surface area contributed by atoms with E-state index < -0.39 is 53.8 Å². The van der Waals surface area contributed by atoms with E-state index in [0.717, 1.165) is 19.3 Å². The second-order valence-corrected chi connectivity index (χ2v) is 11.6. The van der Waals surface area contributed by atoms with Gasteiger partial charge in [-0.05, 0) is 55.2 Å². The zero-order valence-electron chi connectivity index (χ0n) is 25.2. The molecule has 246 valence electrons. The molecule has 1 aliphatic rings. The normalized spacial score (nSPS) is 16.0. The summed E-state index contributed by atoms with van der Waals surface area (Å²) in [7, 11) is 0. The molecule has 44 heavy (non-hydrogen) atoms. The van der Waals surface area contributed by atoms with Crippen LogP contribution in [0.5, 0.6) is 0 Å². The molecule has 0 aromatic heterocycles. The van der Waals surface area contributed by atoms with Gasteiger partial charge in [0.25, 0.3) is 0 Å². The van der Waals surface area contributed by atoms with Crippen molar-refractivity contribution < 1.29 is 32.3 Å². The summed E-state index contributed by atoms with van der Waals surface area (Å²) in [6.45, 7) is 3.09. The van der Waals surface area contributed by atoms with E-state index in [1.54, 1.807) is 26.0 Å². The summed E-state index contributed by atoms with van der Waals surface area (Å²) in [4.78, 5) is 56.7. The number of benzene rings is 1. The average molecular weight is 627 g/mol. The van der Waals surface area contributed by atoms with Crippen LogP contribution in [0.4, 0.5) is 18.9 Å². The summed E-state index contributed by atoms with van der Waals surface area (Å²) in [6, 6.07) is 2.32. The Labute approximate surface area is 255 Å². The van der Waals surface area contributed by atoms with Crippen LogP contribution in [-0.2, 0) is 25.6 Å². The van der Waals surface area contributed by atoms with Crippen LogP contribution in [0, 0.1) is 11.8 Å². The standard InChI is InChI=1S/C29H45F3N8O4/c1-17(2)16-40(27(44)29(30,31)32)22(15-18-10-12-20(33)13-11-18)25(42)39-23(19-7-4-3-5-8-19)26(43)38-21(24(34)41)9-6-14-37-28(35)36/h10-13,17,19,21-23H,3-9,14-16,33H2,1-2H3,(H2,34,41)(H,38,43)(H,39,42)(H4,35,36,37)/t21-,22-,23-/m0/s1. The van der Waals surface area contributed by atoms with Gasteiger partial charge in [-0.2, -0.15) is 13.2 Å². The molecule has 1 aliphatic carbocycles. The van der Waals surface area contributed by atoms with Gasteiger partial charge in [-0.3, -0.25) is 24.2 Å². The van der Waals surface area contributed by atoms with E-state index in [0.29, 0.717) is 35.4 Å². The smallest absolute Gasteiger partial charge is 0.399 e. The van der Waals surface area contributed by atoms with Crippen molar-refractivity contribution in [2.45, 2.75) is 89.5 Å². The molecule has 1 aromatic rings. The van der Waals surface area contributed by atoms with Gasteiger partial charge in [0.05, 0.1) is 0 Å². The molecule has 0 spiro atoms. The molecule has 15 heteroatoms. The van der Waals surface area contributed by atoms with Gasteiger partial charge in [-0.1, -0.05) is 45.2 Å². The summed E-state index contributed by atoms with van der Waals surface area (Å²) in [5.74, 6) is -5.47. The van der Waals surface area contributed by atoms with Crippen molar-refractivity contribution >= 4 is 35.3 Å². The number of amides is 4. The number of anilines is 1. The Morgan fingerprint density at radius 1 is 0.977 bits per heavy atom. The van der Waals surface area contributed by atoms with Crippen LogP contribution in [0.3, 0.4) is 0 Å². The SMILES string of the molecule is CC(C)CN(C(=O)C(F)(F)F)[C@@H](Cc1ccc(N)cc1)C(=O)N[C@H](C(=O)N[C@@H](CCCN=C(N)N)C(N)=O)C1CCCCC1. The van der Waals surface area contributed by atoms with Crippen LogP contribution in [0.1, 0.15) is 64.4 Å². The lowest BCUT2D eigenvalue weighted by Crippen LogP contribution is -2.61. The zero-order valence-corrected chi connectivity index (χ0v) is 25.2. The van der Waals surface area contributed by atoms with Crippen LogP contribution in [0.15, 0.2) is 29.3 Å². The summed E-state index contributed by atoms with van der Waals surface area (Å²) >= 11 is 0. The third-order valence-electron chi connectivity index (χ3n) is 7.46. The minimum Gasteiger partial charge on any atom is -0.399 e. The first-order valence-electron chi connectivity index (χ1n) is 14.8. The maximum Gasteiger partial charge on any atom is 0.471 e. The van der Waals surface area contributed by atoms with Crippen LogP contribution in [0.25, 0.3) is 0 Å². The number of guanidine groups is 1. The van der Waals surface area contributed by atoms with Crippen molar-refractivity contribution in [3.63, 3.8) is 0 Å². The van der Waals surface area contributed by atoms with Gasteiger partial charge in [-0.25, -0.2) is 0 Å². The topological polar surface area (TPSA) is 212 Å². The Bertz CT molecular complexity index is 1150. The number of carbonyl (C=O) groups excluding carboxylic acids is 4. The molecule has 1 fully saturated rings. The Hall–Kier alpha value is -4.04. The number of primary amides is 1. The van der Waals surface area contributed by atoms with E-state index in [2.05, 4.69) is 15.6 Å². The first-order valence-corrected chi connectivity index (χ1v) is 14.8. The number of nitrogen functional groups attached to an aromatic ring is 1. The molecule has 3 atom stereocenters. The van der Waals surface area contributed by atoms with Gasteiger partial charge in [0.15, 0.2) is 5.96 Å². The Balaban J connectivity index is 2.42. The van der Waals surface area contributed by atoms with Gasteiger partial charge in [0.2, 0.25) is 17.7 Å². The monoisotopic (exact) mass is 626 g/mol.